The van der Waals surface area contributed by atoms with E-state index in [0.717, 1.165) is 4.90 Å². The fourth-order valence-corrected chi connectivity index (χ4v) is 5.35. The number of nitrogens with zero attached hydrogens (tertiary/aromatic N) is 1. The van der Waals surface area contributed by atoms with Crippen molar-refractivity contribution >= 4 is 33.3 Å². The maximum Gasteiger partial charge on any atom is 0.322 e. The molecule has 1 aliphatic rings. The van der Waals surface area contributed by atoms with Gasteiger partial charge in [-0.3, -0.25) is 10.1 Å². The summed E-state index contributed by atoms with van der Waals surface area (Å²) in [6, 6.07) is 2.36. The van der Waals surface area contributed by atoms with Gasteiger partial charge in [0.15, 0.2) is 6.04 Å². The highest BCUT2D eigenvalue weighted by molar-refractivity contribution is 7.91. The van der Waals surface area contributed by atoms with Gasteiger partial charge in [0.1, 0.15) is 4.21 Å². The van der Waals surface area contributed by atoms with Crippen molar-refractivity contribution in [3.8, 4) is 0 Å². The monoisotopic (exact) mass is 403 g/mol. The molecular formula is C16H27N4O4S2+. The first kappa shape index (κ1) is 20.8. The minimum absolute atomic E-state index is 0.339. The van der Waals surface area contributed by atoms with Crippen LogP contribution in [0.2, 0.25) is 0 Å². The molecule has 0 spiro atoms. The van der Waals surface area contributed by atoms with Crippen LogP contribution < -0.4 is 15.5 Å². The first-order valence-electron chi connectivity index (χ1n) is 8.52. The summed E-state index contributed by atoms with van der Waals surface area (Å²) in [4.78, 5) is 25.1. The third kappa shape index (κ3) is 5.26. The van der Waals surface area contributed by atoms with Crippen LogP contribution in [0.4, 0.5) is 4.79 Å². The molecule has 8 nitrogen and oxygen atoms in total. The maximum atomic E-state index is 12.5. The number of piperazine rings is 1. The van der Waals surface area contributed by atoms with Crippen LogP contribution in [-0.4, -0.2) is 62.4 Å². The predicted molar refractivity (Wildman–Crippen MR) is 99.7 cm³/mol. The van der Waals surface area contributed by atoms with Gasteiger partial charge in [-0.2, -0.15) is 4.31 Å². The smallest absolute Gasteiger partial charge is 0.322 e. The molecule has 0 saturated carbocycles. The Morgan fingerprint density at radius 3 is 2.38 bits per heavy atom. The van der Waals surface area contributed by atoms with E-state index in [9.17, 15) is 18.0 Å². The number of nitrogens with one attached hydrogen (secondary N) is 3. The molecule has 10 heteroatoms. The molecule has 1 saturated heterocycles. The lowest BCUT2D eigenvalue weighted by Crippen LogP contribution is -3.19. The van der Waals surface area contributed by atoms with Crippen LogP contribution in [0.3, 0.4) is 0 Å². The van der Waals surface area contributed by atoms with E-state index in [0.29, 0.717) is 30.4 Å². The number of thiophene rings is 1. The summed E-state index contributed by atoms with van der Waals surface area (Å²) >= 11 is 1.20. The van der Waals surface area contributed by atoms with Gasteiger partial charge in [0.25, 0.3) is 15.9 Å². The number of carbonyl (C=O) groups excluding carboxylic acids is 2. The van der Waals surface area contributed by atoms with Crippen LogP contribution in [-0.2, 0) is 14.8 Å². The van der Waals surface area contributed by atoms with Crippen molar-refractivity contribution < 1.29 is 22.9 Å². The number of rotatable bonds is 4. The molecule has 1 atom stereocenters. The SMILES string of the molecule is C[C@H](C(=O)NC(=O)NC(C)(C)C)[NH+]1CCN(S(=O)(=O)c2cccs2)CC1. The van der Waals surface area contributed by atoms with Crippen LogP contribution in [0, 0.1) is 0 Å². The molecule has 0 unspecified atom stereocenters. The quantitative estimate of drug-likeness (QED) is 0.640. The third-order valence-corrected chi connectivity index (χ3v) is 7.46. The average molecular weight is 404 g/mol. The normalized spacial score (nSPS) is 18.3. The van der Waals surface area contributed by atoms with Crippen molar-refractivity contribution in [3.63, 3.8) is 0 Å². The van der Waals surface area contributed by atoms with E-state index in [-0.39, 0.29) is 5.91 Å². The van der Waals surface area contributed by atoms with Crippen LogP contribution >= 0.6 is 11.3 Å². The van der Waals surface area contributed by atoms with Gasteiger partial charge in [0.05, 0.1) is 26.2 Å². The Labute approximate surface area is 158 Å². The zero-order chi connectivity index (χ0) is 19.5. The number of amides is 3. The Balaban J connectivity index is 1.89. The van der Waals surface area contributed by atoms with Crippen LogP contribution in [0.1, 0.15) is 27.7 Å². The zero-order valence-corrected chi connectivity index (χ0v) is 17.2. The van der Waals surface area contributed by atoms with E-state index in [1.165, 1.54) is 15.6 Å². The van der Waals surface area contributed by atoms with Crippen LogP contribution in [0.25, 0.3) is 0 Å². The lowest BCUT2D eigenvalue weighted by atomic mass is 10.1. The Hall–Kier alpha value is -1.49. The molecule has 26 heavy (non-hydrogen) atoms. The minimum Gasteiger partial charge on any atom is -0.333 e. The zero-order valence-electron chi connectivity index (χ0n) is 15.5. The van der Waals surface area contributed by atoms with Gasteiger partial charge in [-0.25, -0.2) is 13.2 Å². The van der Waals surface area contributed by atoms with Crippen molar-refractivity contribution in [1.29, 1.82) is 0 Å². The number of imide groups is 1. The molecule has 1 aromatic heterocycles. The number of hydrogen-bond acceptors (Lipinski definition) is 5. The first-order chi connectivity index (χ1) is 12.0. The lowest BCUT2D eigenvalue weighted by molar-refractivity contribution is -0.917. The molecule has 1 fully saturated rings. The van der Waals surface area contributed by atoms with Gasteiger partial charge in [0.2, 0.25) is 0 Å². The second-order valence-corrected chi connectivity index (χ2v) is 10.5. The van der Waals surface area contributed by atoms with Gasteiger partial charge in [-0.1, -0.05) is 6.07 Å². The molecule has 3 N–H and O–H groups in total. The summed E-state index contributed by atoms with van der Waals surface area (Å²) in [6.45, 7) is 8.97. The molecule has 1 aromatic rings. The van der Waals surface area contributed by atoms with Crippen molar-refractivity contribution in [2.75, 3.05) is 26.2 Å². The van der Waals surface area contributed by atoms with Crippen molar-refractivity contribution in [3.05, 3.63) is 17.5 Å². The number of hydrogen-bond donors (Lipinski definition) is 3. The van der Waals surface area contributed by atoms with E-state index in [1.54, 1.807) is 24.4 Å². The second kappa shape index (κ2) is 8.03. The number of carbonyl (C=O) groups is 2. The Kier molecular flexibility index (Phi) is 6.43. The molecule has 2 heterocycles. The Bertz CT molecular complexity index is 733. The Morgan fingerprint density at radius 2 is 1.88 bits per heavy atom. The highest BCUT2D eigenvalue weighted by atomic mass is 32.2. The van der Waals surface area contributed by atoms with E-state index in [2.05, 4.69) is 10.6 Å². The lowest BCUT2D eigenvalue weighted by Gasteiger charge is -2.33. The first-order valence-corrected chi connectivity index (χ1v) is 10.8. The number of quaternary nitrogens is 1. The summed E-state index contributed by atoms with van der Waals surface area (Å²) in [5.74, 6) is -0.365. The van der Waals surface area contributed by atoms with Crippen LogP contribution in [0.5, 0.6) is 0 Å². The summed E-state index contributed by atoms with van der Waals surface area (Å²) in [5, 5.41) is 6.78. The van der Waals surface area contributed by atoms with Crippen molar-refractivity contribution in [2.45, 2.75) is 43.5 Å². The fraction of sp³-hybridized carbons (Fsp3) is 0.625. The van der Waals surface area contributed by atoms with Gasteiger partial charge >= 0.3 is 6.03 Å². The average Bonchev–Trinajstić information content (AvgIpc) is 3.07. The molecule has 0 bridgehead atoms. The van der Waals surface area contributed by atoms with E-state index in [1.807, 2.05) is 20.8 Å². The molecular weight excluding hydrogens is 376 g/mol. The molecule has 2 rings (SSSR count). The molecule has 146 valence electrons. The highest BCUT2D eigenvalue weighted by Crippen LogP contribution is 2.20. The second-order valence-electron chi connectivity index (χ2n) is 7.41. The standard InChI is InChI=1S/C16H26N4O4S2/c1-12(14(21)17-15(22)18-16(2,3)4)19-7-9-20(10-8-19)26(23,24)13-6-5-11-25-13/h5-6,11-12H,7-10H2,1-4H3,(H2,17,18,21,22)/p+1/t12-/m1/s1. The van der Waals surface area contributed by atoms with Gasteiger partial charge in [-0.05, 0) is 39.1 Å². The molecule has 0 aromatic carbocycles. The summed E-state index contributed by atoms with van der Waals surface area (Å²) in [6.07, 6.45) is 0. The summed E-state index contributed by atoms with van der Waals surface area (Å²) in [7, 11) is -3.45. The molecule has 3 amide bonds. The fourth-order valence-electron chi connectivity index (χ4n) is 2.76. The van der Waals surface area contributed by atoms with E-state index < -0.39 is 27.6 Å². The minimum atomic E-state index is -3.45. The van der Waals surface area contributed by atoms with Crippen molar-refractivity contribution in [2.24, 2.45) is 0 Å². The van der Waals surface area contributed by atoms with Gasteiger partial charge in [0, 0.05) is 5.54 Å². The summed E-state index contributed by atoms with van der Waals surface area (Å²) < 4.78 is 26.9. The van der Waals surface area contributed by atoms with Crippen molar-refractivity contribution in [1.82, 2.24) is 14.9 Å². The predicted octanol–water partition coefficient (Wildman–Crippen LogP) is -0.350. The largest absolute Gasteiger partial charge is 0.333 e. The van der Waals surface area contributed by atoms with Gasteiger partial charge in [-0.15, -0.1) is 11.3 Å². The Morgan fingerprint density at radius 1 is 1.27 bits per heavy atom. The van der Waals surface area contributed by atoms with Crippen LogP contribution in [0.15, 0.2) is 21.7 Å². The molecule has 0 aliphatic carbocycles. The topological polar surface area (TPSA) is 100 Å². The number of urea groups is 1. The highest BCUT2D eigenvalue weighted by Gasteiger charge is 2.35. The molecule has 1 aliphatic heterocycles. The van der Waals surface area contributed by atoms with E-state index >= 15 is 0 Å². The third-order valence-electron chi connectivity index (χ3n) is 4.18. The maximum absolute atomic E-state index is 12.5. The summed E-state index contributed by atoms with van der Waals surface area (Å²) in [5.41, 5.74) is -0.428. The molecule has 0 radical (unpaired) electrons. The number of sulfonamides is 1. The van der Waals surface area contributed by atoms with E-state index in [4.69, 9.17) is 0 Å². The van der Waals surface area contributed by atoms with Gasteiger partial charge < -0.3 is 10.2 Å².